The van der Waals surface area contributed by atoms with Crippen molar-refractivity contribution in [3.63, 3.8) is 0 Å². The Kier molecular flexibility index (Phi) is 4.57. The van der Waals surface area contributed by atoms with Crippen molar-refractivity contribution in [1.82, 2.24) is 9.80 Å². The number of imide groups is 2. The zero-order valence-corrected chi connectivity index (χ0v) is 14.0. The maximum absolute atomic E-state index is 12.6. The number of nitrogens with one attached hydrogen (secondary N) is 2. The molecule has 3 rings (SSSR count). The van der Waals surface area contributed by atoms with Crippen LogP contribution in [-0.4, -0.2) is 67.5 Å². The first kappa shape index (κ1) is 18.1. The molecule has 2 fully saturated rings. The monoisotopic (exact) mass is 373 g/mol. The highest BCUT2D eigenvalue weighted by Gasteiger charge is 2.44. The average Bonchev–Trinajstić information content (AvgIpc) is 2.80. The zero-order valence-electron chi connectivity index (χ0n) is 14.0. The minimum absolute atomic E-state index is 0.0955. The summed E-state index contributed by atoms with van der Waals surface area (Å²) in [6.07, 6.45) is -3.46. The molecule has 26 heavy (non-hydrogen) atoms. The van der Waals surface area contributed by atoms with Crippen LogP contribution in [0, 0.1) is 0 Å². The molecule has 2 aliphatic heterocycles. The minimum Gasteiger partial charge on any atom is -0.311 e. The number of piperazine rings is 1. The molecule has 0 aliphatic carbocycles. The zero-order chi connectivity index (χ0) is 19.1. The van der Waals surface area contributed by atoms with Crippen molar-refractivity contribution in [2.24, 2.45) is 0 Å². The van der Waals surface area contributed by atoms with Gasteiger partial charge >= 0.3 is 24.0 Å². The lowest BCUT2D eigenvalue weighted by atomic mass is 10.2. The molecule has 0 spiro atoms. The van der Waals surface area contributed by atoms with E-state index in [0.717, 1.165) is 27.0 Å². The van der Waals surface area contributed by atoms with Crippen LogP contribution in [0.15, 0.2) is 18.3 Å². The number of urea groups is 1. The fraction of sp³-hybridized carbons (Fsp3) is 0.467. The molecule has 4 amide bonds. The van der Waals surface area contributed by atoms with Gasteiger partial charge in [0.15, 0.2) is 6.67 Å². The van der Waals surface area contributed by atoms with Crippen LogP contribution in [0.2, 0.25) is 0 Å². The number of anilines is 1. The number of carbonyl (C=O) groups excluding carboxylic acids is 3. The summed E-state index contributed by atoms with van der Waals surface area (Å²) in [6.45, 7) is 2.32. The van der Waals surface area contributed by atoms with Gasteiger partial charge in [-0.25, -0.2) is 14.7 Å². The van der Waals surface area contributed by atoms with Crippen molar-refractivity contribution in [3.8, 4) is 0 Å². The Morgan fingerprint density at radius 1 is 1.12 bits per heavy atom. The predicted molar refractivity (Wildman–Crippen MR) is 80.8 cm³/mol. The number of H-pyrrole nitrogens is 1. The van der Waals surface area contributed by atoms with E-state index in [4.69, 9.17) is 0 Å². The fourth-order valence-corrected chi connectivity index (χ4v) is 2.99. The van der Waals surface area contributed by atoms with Gasteiger partial charge in [-0.1, -0.05) is 0 Å². The highest BCUT2D eigenvalue weighted by atomic mass is 19.4. The SMILES string of the molecule is CN1C(=O)C(=O)N(C[NH+]2CCN(c3ccc(C(F)(F)F)c[nH+]3)CC2)C1=O. The van der Waals surface area contributed by atoms with Crippen LogP contribution in [0.5, 0.6) is 0 Å². The number of rotatable bonds is 3. The van der Waals surface area contributed by atoms with Gasteiger partial charge in [-0.15, -0.1) is 0 Å². The van der Waals surface area contributed by atoms with Gasteiger partial charge in [-0.2, -0.15) is 13.2 Å². The molecule has 140 valence electrons. The number of hydrogen-bond donors (Lipinski definition) is 1. The number of alkyl halides is 3. The number of hydrogen-bond acceptors (Lipinski definition) is 4. The van der Waals surface area contributed by atoms with Crippen LogP contribution < -0.4 is 14.8 Å². The third kappa shape index (κ3) is 3.34. The molecule has 8 nitrogen and oxygen atoms in total. The van der Waals surface area contributed by atoms with Crippen LogP contribution in [-0.2, 0) is 15.8 Å². The van der Waals surface area contributed by atoms with Crippen molar-refractivity contribution in [2.45, 2.75) is 6.18 Å². The summed E-state index contributed by atoms with van der Waals surface area (Å²) in [7, 11) is 1.26. The van der Waals surface area contributed by atoms with E-state index in [2.05, 4.69) is 4.98 Å². The molecule has 0 aromatic carbocycles. The number of quaternary nitrogens is 1. The van der Waals surface area contributed by atoms with Crippen LogP contribution in [0.1, 0.15) is 5.56 Å². The van der Waals surface area contributed by atoms with Gasteiger partial charge in [0.05, 0.1) is 5.56 Å². The highest BCUT2D eigenvalue weighted by molar-refractivity contribution is 6.44. The van der Waals surface area contributed by atoms with Crippen molar-refractivity contribution < 1.29 is 37.4 Å². The summed E-state index contributed by atoms with van der Waals surface area (Å²) >= 11 is 0. The molecule has 0 bridgehead atoms. The quantitative estimate of drug-likeness (QED) is 0.522. The Morgan fingerprint density at radius 2 is 1.77 bits per heavy atom. The molecular formula is C15H18F3N5O3+2. The summed E-state index contributed by atoms with van der Waals surface area (Å²) in [5.74, 6) is -1.10. The number of halogens is 3. The van der Waals surface area contributed by atoms with E-state index in [1.807, 2.05) is 4.90 Å². The van der Waals surface area contributed by atoms with Gasteiger partial charge in [0, 0.05) is 13.1 Å². The largest absolute Gasteiger partial charge is 0.419 e. The molecule has 0 unspecified atom stereocenters. The Bertz CT molecular complexity index is 729. The number of amides is 4. The van der Waals surface area contributed by atoms with Crippen molar-refractivity contribution in [3.05, 3.63) is 23.9 Å². The summed E-state index contributed by atoms with van der Waals surface area (Å²) in [5, 5.41) is 0. The van der Waals surface area contributed by atoms with E-state index in [9.17, 15) is 27.6 Å². The van der Waals surface area contributed by atoms with E-state index in [1.54, 1.807) is 0 Å². The molecule has 1 aromatic rings. The molecule has 0 radical (unpaired) electrons. The van der Waals surface area contributed by atoms with Crippen LogP contribution in [0.25, 0.3) is 0 Å². The molecule has 2 aliphatic rings. The Labute approximate surface area is 146 Å². The van der Waals surface area contributed by atoms with E-state index >= 15 is 0 Å². The first-order chi connectivity index (χ1) is 12.2. The number of aromatic amines is 1. The third-order valence-corrected chi connectivity index (χ3v) is 4.57. The second-order valence-corrected chi connectivity index (χ2v) is 6.24. The van der Waals surface area contributed by atoms with E-state index in [-0.39, 0.29) is 6.67 Å². The lowest BCUT2D eigenvalue weighted by molar-refractivity contribution is -0.908. The summed E-state index contributed by atoms with van der Waals surface area (Å²) in [4.78, 5) is 42.4. The molecule has 1 aromatic heterocycles. The van der Waals surface area contributed by atoms with Gasteiger partial charge in [0.25, 0.3) is 5.82 Å². The highest BCUT2D eigenvalue weighted by Crippen LogP contribution is 2.28. The fourth-order valence-electron chi connectivity index (χ4n) is 2.99. The maximum atomic E-state index is 12.6. The summed E-state index contributed by atoms with van der Waals surface area (Å²) < 4.78 is 37.8. The lowest BCUT2D eigenvalue weighted by Crippen LogP contribution is -3.16. The van der Waals surface area contributed by atoms with Gasteiger partial charge in [0.1, 0.15) is 32.4 Å². The van der Waals surface area contributed by atoms with E-state index in [1.165, 1.54) is 13.1 Å². The van der Waals surface area contributed by atoms with Gasteiger partial charge < -0.3 is 4.90 Å². The second-order valence-electron chi connectivity index (χ2n) is 6.24. The number of pyridine rings is 1. The lowest BCUT2D eigenvalue weighted by Gasteiger charge is -2.29. The van der Waals surface area contributed by atoms with Gasteiger partial charge in [0.2, 0.25) is 0 Å². The normalized spacial score (nSPS) is 19.7. The van der Waals surface area contributed by atoms with Crippen molar-refractivity contribution in [1.29, 1.82) is 0 Å². The first-order valence-corrected chi connectivity index (χ1v) is 7.99. The van der Waals surface area contributed by atoms with Gasteiger partial charge in [-0.05, 0) is 6.07 Å². The van der Waals surface area contributed by atoms with E-state index < -0.39 is 29.6 Å². The standard InChI is InChI=1S/C15H16F3N5O3/c1-20-12(24)13(25)23(14(20)26)9-21-4-6-22(7-5-21)11-3-2-10(8-19-11)15(16,17)18/h2-3,8H,4-7,9H2,1H3/p+2. The summed E-state index contributed by atoms with van der Waals surface area (Å²) in [5.41, 5.74) is -0.745. The molecule has 0 atom stereocenters. The molecule has 11 heteroatoms. The smallest absolute Gasteiger partial charge is 0.311 e. The number of aromatic nitrogens is 1. The first-order valence-electron chi connectivity index (χ1n) is 7.99. The van der Waals surface area contributed by atoms with Gasteiger partial charge in [-0.3, -0.25) is 19.4 Å². The average molecular weight is 373 g/mol. The predicted octanol–water partition coefficient (Wildman–Crippen LogP) is -1.40. The van der Waals surface area contributed by atoms with Crippen LogP contribution in [0.4, 0.5) is 23.8 Å². The molecule has 2 N–H and O–H groups in total. The Morgan fingerprint density at radius 3 is 2.23 bits per heavy atom. The van der Waals surface area contributed by atoms with E-state index in [0.29, 0.717) is 32.0 Å². The topological polar surface area (TPSA) is 79.5 Å². The minimum atomic E-state index is -4.39. The van der Waals surface area contributed by atoms with Crippen LogP contribution >= 0.6 is 0 Å². The van der Waals surface area contributed by atoms with Crippen molar-refractivity contribution >= 4 is 23.7 Å². The van der Waals surface area contributed by atoms with Crippen LogP contribution in [0.3, 0.4) is 0 Å². The Balaban J connectivity index is 1.57. The molecular weight excluding hydrogens is 355 g/mol. The number of nitrogens with zero attached hydrogens (tertiary/aromatic N) is 3. The number of likely N-dealkylation sites (N-methyl/N-ethyl adjacent to an activating group) is 1. The molecule has 3 heterocycles. The van der Waals surface area contributed by atoms with Crippen molar-refractivity contribution in [2.75, 3.05) is 44.8 Å². The number of carbonyl (C=O) groups is 3. The molecule has 0 saturated carbocycles. The second kappa shape index (κ2) is 6.56. The summed E-state index contributed by atoms with van der Waals surface area (Å²) in [6, 6.07) is 1.77. The third-order valence-electron chi connectivity index (χ3n) is 4.57. The Hall–Kier alpha value is -2.69. The molecule has 2 saturated heterocycles. The maximum Gasteiger partial charge on any atom is 0.419 e.